The summed E-state index contributed by atoms with van der Waals surface area (Å²) in [5.41, 5.74) is 2.39. The van der Waals surface area contributed by atoms with Gasteiger partial charge in [-0.3, -0.25) is 4.79 Å². The van der Waals surface area contributed by atoms with E-state index in [1.165, 1.54) is 0 Å². The molecule has 1 aliphatic rings. The van der Waals surface area contributed by atoms with Gasteiger partial charge in [-0.1, -0.05) is 28.0 Å². The molecule has 122 valence electrons. The molecular formula is C16H19ClN4O2. The van der Waals surface area contributed by atoms with E-state index in [9.17, 15) is 4.79 Å². The molecule has 0 bridgehead atoms. The Hall–Kier alpha value is -2.08. The number of benzene rings is 1. The summed E-state index contributed by atoms with van der Waals surface area (Å²) >= 11 is 6.04. The number of anilines is 1. The first-order valence-corrected chi connectivity index (χ1v) is 8.05. The van der Waals surface area contributed by atoms with Crippen LogP contribution in [-0.2, 0) is 11.2 Å². The summed E-state index contributed by atoms with van der Waals surface area (Å²) in [6, 6.07) is 7.87. The Bertz CT molecular complexity index is 688. The standard InChI is InChI=1S/C16H19ClN4O2/c1-11-15(20-23-19-11)8-16(22)18-9-12-5-6-21(10-12)14-4-2-3-13(17)7-14/h2-4,7,12H,5-6,8-10H2,1H3,(H,18,22)/t12-/m1/s1. The number of hydrogen-bond acceptors (Lipinski definition) is 5. The van der Waals surface area contributed by atoms with E-state index >= 15 is 0 Å². The van der Waals surface area contributed by atoms with Gasteiger partial charge in [0.2, 0.25) is 5.91 Å². The van der Waals surface area contributed by atoms with Crippen LogP contribution in [0.3, 0.4) is 0 Å². The fraction of sp³-hybridized carbons (Fsp3) is 0.438. The van der Waals surface area contributed by atoms with E-state index in [4.69, 9.17) is 11.6 Å². The lowest BCUT2D eigenvalue weighted by molar-refractivity contribution is -0.120. The minimum atomic E-state index is -0.0509. The SMILES string of the molecule is Cc1nonc1CC(=O)NC[C@H]1CCN(c2cccc(Cl)c2)C1. The van der Waals surface area contributed by atoms with Crippen molar-refractivity contribution in [1.29, 1.82) is 0 Å². The lowest BCUT2D eigenvalue weighted by Crippen LogP contribution is -2.32. The summed E-state index contributed by atoms with van der Waals surface area (Å²) in [5, 5.41) is 11.1. The molecule has 0 saturated carbocycles. The van der Waals surface area contributed by atoms with Crippen LogP contribution in [0.1, 0.15) is 17.8 Å². The predicted molar refractivity (Wildman–Crippen MR) is 87.5 cm³/mol. The number of aryl methyl sites for hydroxylation is 1. The number of nitrogens with zero attached hydrogens (tertiary/aromatic N) is 3. The number of hydrogen-bond donors (Lipinski definition) is 1. The number of rotatable bonds is 5. The van der Waals surface area contributed by atoms with E-state index in [0.717, 1.165) is 30.2 Å². The maximum absolute atomic E-state index is 12.0. The van der Waals surface area contributed by atoms with E-state index in [-0.39, 0.29) is 12.3 Å². The molecule has 1 aliphatic heterocycles. The second kappa shape index (κ2) is 7.00. The number of nitrogens with one attached hydrogen (secondary N) is 1. The second-order valence-electron chi connectivity index (χ2n) is 5.86. The van der Waals surface area contributed by atoms with E-state index in [1.807, 2.05) is 18.2 Å². The third kappa shape index (κ3) is 4.01. The first kappa shape index (κ1) is 15.8. The van der Waals surface area contributed by atoms with Crippen LogP contribution in [-0.4, -0.2) is 35.9 Å². The monoisotopic (exact) mass is 334 g/mol. The van der Waals surface area contributed by atoms with E-state index in [1.54, 1.807) is 6.92 Å². The van der Waals surface area contributed by atoms with Crippen molar-refractivity contribution in [2.45, 2.75) is 19.8 Å². The van der Waals surface area contributed by atoms with Gasteiger partial charge in [-0.05, 0) is 37.5 Å². The highest BCUT2D eigenvalue weighted by Gasteiger charge is 2.23. The van der Waals surface area contributed by atoms with Gasteiger partial charge in [0.05, 0.1) is 6.42 Å². The summed E-state index contributed by atoms with van der Waals surface area (Å²) in [5.74, 6) is 0.388. The molecule has 6 nitrogen and oxygen atoms in total. The van der Waals surface area contributed by atoms with Gasteiger partial charge in [0.15, 0.2) is 0 Å². The molecule has 1 aromatic heterocycles. The largest absolute Gasteiger partial charge is 0.371 e. The molecule has 7 heteroatoms. The summed E-state index contributed by atoms with van der Waals surface area (Å²) < 4.78 is 4.60. The normalized spacial score (nSPS) is 17.5. The first-order chi connectivity index (χ1) is 11.1. The number of aromatic nitrogens is 2. The molecule has 2 aromatic rings. The van der Waals surface area contributed by atoms with Gasteiger partial charge in [-0.15, -0.1) is 0 Å². The van der Waals surface area contributed by atoms with E-state index < -0.39 is 0 Å². The van der Waals surface area contributed by atoms with Crippen molar-refractivity contribution < 1.29 is 9.42 Å². The Balaban J connectivity index is 1.47. The van der Waals surface area contributed by atoms with Crippen LogP contribution in [0.15, 0.2) is 28.9 Å². The van der Waals surface area contributed by atoms with Crippen LogP contribution in [0.25, 0.3) is 0 Å². The van der Waals surface area contributed by atoms with Gasteiger partial charge in [0.1, 0.15) is 11.4 Å². The maximum atomic E-state index is 12.0. The Kier molecular flexibility index (Phi) is 4.81. The molecule has 2 heterocycles. The van der Waals surface area contributed by atoms with Crippen molar-refractivity contribution in [2.24, 2.45) is 5.92 Å². The summed E-state index contributed by atoms with van der Waals surface area (Å²) in [6.07, 6.45) is 1.26. The molecule has 1 saturated heterocycles. The number of halogens is 1. The van der Waals surface area contributed by atoms with Crippen LogP contribution >= 0.6 is 11.6 Å². The van der Waals surface area contributed by atoms with Gasteiger partial charge in [0, 0.05) is 30.3 Å². The molecular weight excluding hydrogens is 316 g/mol. The number of carbonyl (C=O) groups excluding carboxylic acids is 1. The lowest BCUT2D eigenvalue weighted by atomic mass is 10.1. The Morgan fingerprint density at radius 1 is 1.48 bits per heavy atom. The highest BCUT2D eigenvalue weighted by Crippen LogP contribution is 2.25. The second-order valence-corrected chi connectivity index (χ2v) is 6.29. The van der Waals surface area contributed by atoms with Crippen LogP contribution in [0.5, 0.6) is 0 Å². The lowest BCUT2D eigenvalue weighted by Gasteiger charge is -2.19. The van der Waals surface area contributed by atoms with Crippen molar-refractivity contribution in [3.63, 3.8) is 0 Å². The average molecular weight is 335 g/mol. The molecule has 3 rings (SSSR count). The van der Waals surface area contributed by atoms with Crippen LogP contribution in [0, 0.1) is 12.8 Å². The molecule has 1 N–H and O–H groups in total. The molecule has 0 spiro atoms. The molecule has 0 unspecified atom stereocenters. The smallest absolute Gasteiger partial charge is 0.226 e. The fourth-order valence-corrected chi connectivity index (χ4v) is 2.97. The van der Waals surface area contributed by atoms with Crippen molar-refractivity contribution in [3.8, 4) is 0 Å². The van der Waals surface area contributed by atoms with Crippen molar-refractivity contribution >= 4 is 23.2 Å². The van der Waals surface area contributed by atoms with Crippen molar-refractivity contribution in [2.75, 3.05) is 24.5 Å². The van der Waals surface area contributed by atoms with Crippen LogP contribution in [0.4, 0.5) is 5.69 Å². The highest BCUT2D eigenvalue weighted by atomic mass is 35.5. The number of carbonyl (C=O) groups is 1. The predicted octanol–water partition coefficient (Wildman–Crippen LogP) is 2.22. The maximum Gasteiger partial charge on any atom is 0.226 e. The Morgan fingerprint density at radius 2 is 2.35 bits per heavy atom. The van der Waals surface area contributed by atoms with Gasteiger partial charge in [-0.2, -0.15) is 0 Å². The minimum Gasteiger partial charge on any atom is -0.371 e. The summed E-state index contributed by atoms with van der Waals surface area (Å²) in [6.45, 7) is 4.34. The summed E-state index contributed by atoms with van der Waals surface area (Å²) in [7, 11) is 0. The zero-order chi connectivity index (χ0) is 16.2. The Labute approximate surface area is 139 Å². The molecule has 1 amide bonds. The average Bonchev–Trinajstić information content (AvgIpc) is 3.15. The molecule has 23 heavy (non-hydrogen) atoms. The van der Waals surface area contributed by atoms with Gasteiger partial charge >= 0.3 is 0 Å². The van der Waals surface area contributed by atoms with Gasteiger partial charge < -0.3 is 10.2 Å². The minimum absolute atomic E-state index is 0.0509. The quantitative estimate of drug-likeness (QED) is 0.907. The van der Waals surface area contributed by atoms with Gasteiger partial charge in [-0.25, -0.2) is 4.63 Å². The Morgan fingerprint density at radius 3 is 3.09 bits per heavy atom. The molecule has 0 aliphatic carbocycles. The van der Waals surface area contributed by atoms with Crippen molar-refractivity contribution in [1.82, 2.24) is 15.6 Å². The van der Waals surface area contributed by atoms with Crippen LogP contribution < -0.4 is 10.2 Å². The first-order valence-electron chi connectivity index (χ1n) is 7.67. The van der Waals surface area contributed by atoms with Crippen molar-refractivity contribution in [3.05, 3.63) is 40.7 Å². The van der Waals surface area contributed by atoms with E-state index in [0.29, 0.717) is 23.9 Å². The molecule has 1 aromatic carbocycles. The highest BCUT2D eigenvalue weighted by molar-refractivity contribution is 6.30. The zero-order valence-corrected chi connectivity index (χ0v) is 13.7. The van der Waals surface area contributed by atoms with Crippen LogP contribution in [0.2, 0.25) is 5.02 Å². The molecule has 0 radical (unpaired) electrons. The molecule has 1 atom stereocenters. The van der Waals surface area contributed by atoms with Gasteiger partial charge in [0.25, 0.3) is 0 Å². The third-order valence-corrected chi connectivity index (χ3v) is 4.36. The topological polar surface area (TPSA) is 71.3 Å². The number of amides is 1. The summed E-state index contributed by atoms with van der Waals surface area (Å²) in [4.78, 5) is 14.3. The van der Waals surface area contributed by atoms with E-state index in [2.05, 4.69) is 31.2 Å². The third-order valence-electron chi connectivity index (χ3n) is 4.12. The zero-order valence-electron chi connectivity index (χ0n) is 13.0. The molecule has 1 fully saturated rings. The fourth-order valence-electron chi connectivity index (χ4n) is 2.79.